The van der Waals surface area contributed by atoms with E-state index in [0.29, 0.717) is 31.8 Å². The number of rotatable bonds is 2. The summed E-state index contributed by atoms with van der Waals surface area (Å²) >= 11 is 0. The zero-order chi connectivity index (χ0) is 17.5. The molecule has 0 aromatic heterocycles. The van der Waals surface area contributed by atoms with E-state index in [2.05, 4.69) is 12.2 Å². The van der Waals surface area contributed by atoms with Gasteiger partial charge in [-0.2, -0.15) is 0 Å². The predicted octanol–water partition coefficient (Wildman–Crippen LogP) is 1.12. The summed E-state index contributed by atoms with van der Waals surface area (Å²) in [4.78, 5) is 40.4. The predicted molar refractivity (Wildman–Crippen MR) is 87.2 cm³/mol. The standard InChI is InChI=1S/C17H27N3O4/c1-11-4-6-17(7-5-11)15(22)20(16(23)18-17)10-14(21)19-8-12(2)24-13(3)9-19/h11-13H,4-10H2,1-3H3,(H,18,23)/t11?,12-,13-,17?/m1/s1. The van der Waals surface area contributed by atoms with Crippen LogP contribution in [0.4, 0.5) is 4.79 Å². The van der Waals surface area contributed by atoms with Gasteiger partial charge in [0.2, 0.25) is 5.91 Å². The summed E-state index contributed by atoms with van der Waals surface area (Å²) in [5.74, 6) is 0.149. The first kappa shape index (κ1) is 17.2. The van der Waals surface area contributed by atoms with Crippen LogP contribution in [0.3, 0.4) is 0 Å². The fraction of sp³-hybridized carbons (Fsp3) is 0.824. The van der Waals surface area contributed by atoms with Gasteiger partial charge in [0.25, 0.3) is 5.91 Å². The highest BCUT2D eigenvalue weighted by Crippen LogP contribution is 2.36. The van der Waals surface area contributed by atoms with Crippen molar-refractivity contribution in [2.24, 2.45) is 5.92 Å². The number of ether oxygens (including phenoxy) is 1. The summed E-state index contributed by atoms with van der Waals surface area (Å²) < 4.78 is 5.63. The second kappa shape index (κ2) is 6.35. The maximum Gasteiger partial charge on any atom is 0.325 e. The van der Waals surface area contributed by atoms with E-state index in [4.69, 9.17) is 4.74 Å². The van der Waals surface area contributed by atoms with Crippen molar-refractivity contribution in [2.75, 3.05) is 19.6 Å². The van der Waals surface area contributed by atoms with Gasteiger partial charge in [0.15, 0.2) is 0 Å². The van der Waals surface area contributed by atoms with Gasteiger partial charge in [-0.1, -0.05) is 6.92 Å². The average Bonchev–Trinajstić information content (AvgIpc) is 2.74. The van der Waals surface area contributed by atoms with Gasteiger partial charge in [-0.3, -0.25) is 14.5 Å². The molecular formula is C17H27N3O4. The fourth-order valence-electron chi connectivity index (χ4n) is 4.03. The van der Waals surface area contributed by atoms with Crippen LogP contribution in [0, 0.1) is 5.92 Å². The molecule has 24 heavy (non-hydrogen) atoms. The van der Waals surface area contributed by atoms with E-state index in [9.17, 15) is 14.4 Å². The lowest BCUT2D eigenvalue weighted by Crippen LogP contribution is -2.52. The summed E-state index contributed by atoms with van der Waals surface area (Å²) in [6, 6.07) is -0.433. The lowest BCUT2D eigenvalue weighted by atomic mass is 9.77. The molecule has 0 unspecified atom stereocenters. The number of nitrogens with one attached hydrogen (secondary N) is 1. The van der Waals surface area contributed by atoms with Crippen LogP contribution in [0.5, 0.6) is 0 Å². The highest BCUT2D eigenvalue weighted by atomic mass is 16.5. The number of hydrogen-bond donors (Lipinski definition) is 1. The van der Waals surface area contributed by atoms with Crippen molar-refractivity contribution >= 4 is 17.8 Å². The smallest absolute Gasteiger partial charge is 0.325 e. The van der Waals surface area contributed by atoms with E-state index < -0.39 is 11.6 Å². The molecule has 2 atom stereocenters. The molecule has 2 saturated heterocycles. The van der Waals surface area contributed by atoms with Gasteiger partial charge >= 0.3 is 6.03 Å². The van der Waals surface area contributed by atoms with Crippen molar-refractivity contribution in [1.82, 2.24) is 15.1 Å². The second-order valence-corrected chi connectivity index (χ2v) is 7.64. The Hall–Kier alpha value is -1.63. The molecule has 0 aromatic rings. The summed E-state index contributed by atoms with van der Waals surface area (Å²) in [6.45, 7) is 6.81. The quantitative estimate of drug-likeness (QED) is 0.766. The summed E-state index contributed by atoms with van der Waals surface area (Å²) in [5.41, 5.74) is -0.782. The third-order valence-electron chi connectivity index (χ3n) is 5.44. The molecule has 1 aliphatic carbocycles. The monoisotopic (exact) mass is 337 g/mol. The van der Waals surface area contributed by atoms with E-state index in [-0.39, 0.29) is 30.6 Å². The number of carbonyl (C=O) groups excluding carboxylic acids is 3. The molecule has 2 aliphatic heterocycles. The van der Waals surface area contributed by atoms with Crippen LogP contribution in [-0.4, -0.2) is 65.0 Å². The minimum atomic E-state index is -0.782. The summed E-state index contributed by atoms with van der Waals surface area (Å²) in [7, 11) is 0. The maximum absolute atomic E-state index is 12.8. The minimum absolute atomic E-state index is 0.0352. The highest BCUT2D eigenvalue weighted by Gasteiger charge is 2.52. The van der Waals surface area contributed by atoms with Gasteiger partial charge in [-0.05, 0) is 45.4 Å². The molecule has 1 saturated carbocycles. The lowest BCUT2D eigenvalue weighted by Gasteiger charge is -2.36. The lowest BCUT2D eigenvalue weighted by molar-refractivity contribution is -0.147. The number of morpholine rings is 1. The Morgan fingerprint density at radius 3 is 2.33 bits per heavy atom. The first-order valence-electron chi connectivity index (χ1n) is 8.88. The Morgan fingerprint density at radius 2 is 1.75 bits per heavy atom. The fourth-order valence-corrected chi connectivity index (χ4v) is 4.03. The van der Waals surface area contributed by atoms with Crippen LogP contribution in [0.25, 0.3) is 0 Å². The van der Waals surface area contributed by atoms with Crippen LogP contribution < -0.4 is 5.32 Å². The van der Waals surface area contributed by atoms with Crippen molar-refractivity contribution in [2.45, 2.75) is 64.2 Å². The molecule has 1 N–H and O–H groups in total. The Bertz CT molecular complexity index is 532. The van der Waals surface area contributed by atoms with Crippen molar-refractivity contribution in [3.05, 3.63) is 0 Å². The van der Waals surface area contributed by atoms with Crippen molar-refractivity contribution in [1.29, 1.82) is 0 Å². The molecule has 2 heterocycles. The zero-order valence-electron chi connectivity index (χ0n) is 14.7. The Morgan fingerprint density at radius 1 is 1.17 bits per heavy atom. The SMILES string of the molecule is CC1CCC2(CC1)NC(=O)N(CC(=O)N1C[C@@H](C)O[C@H](C)C1)C2=O. The van der Waals surface area contributed by atoms with E-state index >= 15 is 0 Å². The van der Waals surface area contributed by atoms with Crippen LogP contribution in [0.2, 0.25) is 0 Å². The summed E-state index contributed by atoms with van der Waals surface area (Å²) in [5, 5.41) is 2.86. The molecule has 3 rings (SSSR count). The van der Waals surface area contributed by atoms with Crippen molar-refractivity contribution in [3.63, 3.8) is 0 Å². The topological polar surface area (TPSA) is 79.0 Å². The number of nitrogens with zero attached hydrogens (tertiary/aromatic N) is 2. The van der Waals surface area contributed by atoms with Gasteiger partial charge in [0.05, 0.1) is 12.2 Å². The molecule has 3 fully saturated rings. The molecule has 7 heteroatoms. The summed E-state index contributed by atoms with van der Waals surface area (Å²) in [6.07, 6.45) is 3.10. The largest absolute Gasteiger partial charge is 0.372 e. The van der Waals surface area contributed by atoms with Crippen LogP contribution in [-0.2, 0) is 14.3 Å². The molecule has 7 nitrogen and oxygen atoms in total. The maximum atomic E-state index is 12.8. The molecule has 4 amide bonds. The second-order valence-electron chi connectivity index (χ2n) is 7.64. The molecule has 134 valence electrons. The molecular weight excluding hydrogens is 310 g/mol. The number of urea groups is 1. The van der Waals surface area contributed by atoms with E-state index in [0.717, 1.165) is 17.7 Å². The third kappa shape index (κ3) is 3.14. The van der Waals surface area contributed by atoms with Gasteiger partial charge in [0.1, 0.15) is 12.1 Å². The average molecular weight is 337 g/mol. The third-order valence-corrected chi connectivity index (χ3v) is 5.44. The highest BCUT2D eigenvalue weighted by molar-refractivity contribution is 6.09. The Balaban J connectivity index is 1.65. The van der Waals surface area contributed by atoms with Crippen LogP contribution in [0.15, 0.2) is 0 Å². The number of imide groups is 1. The van der Waals surface area contributed by atoms with Crippen molar-refractivity contribution in [3.8, 4) is 0 Å². The van der Waals surface area contributed by atoms with Crippen LogP contribution in [0.1, 0.15) is 46.5 Å². The first-order valence-corrected chi connectivity index (χ1v) is 8.88. The molecule has 0 bridgehead atoms. The van der Waals surface area contributed by atoms with E-state index in [1.54, 1.807) is 4.90 Å². The normalized spacial score (nSPS) is 37.0. The van der Waals surface area contributed by atoms with Gasteiger partial charge in [-0.25, -0.2) is 4.79 Å². The molecule has 0 radical (unpaired) electrons. The van der Waals surface area contributed by atoms with Gasteiger partial charge in [0, 0.05) is 13.1 Å². The van der Waals surface area contributed by atoms with Crippen LogP contribution >= 0.6 is 0 Å². The van der Waals surface area contributed by atoms with Gasteiger partial charge in [-0.15, -0.1) is 0 Å². The van der Waals surface area contributed by atoms with Crippen molar-refractivity contribution < 1.29 is 19.1 Å². The zero-order valence-corrected chi connectivity index (χ0v) is 14.7. The first-order chi connectivity index (χ1) is 11.3. The molecule has 1 spiro atoms. The molecule has 3 aliphatic rings. The number of hydrogen-bond acceptors (Lipinski definition) is 4. The van der Waals surface area contributed by atoms with E-state index in [1.807, 2.05) is 13.8 Å². The Kier molecular flexibility index (Phi) is 4.55. The Labute approximate surface area is 142 Å². The number of amides is 4. The van der Waals surface area contributed by atoms with Gasteiger partial charge < -0.3 is 15.0 Å². The van der Waals surface area contributed by atoms with E-state index in [1.165, 1.54) is 0 Å². The number of carbonyl (C=O) groups is 3. The minimum Gasteiger partial charge on any atom is -0.372 e. The molecule has 0 aromatic carbocycles.